The topological polar surface area (TPSA) is 53.2 Å². The Morgan fingerprint density at radius 3 is 3.06 bits per heavy atom. The van der Waals surface area contributed by atoms with Gasteiger partial charge >= 0.3 is 0 Å². The van der Waals surface area contributed by atoms with Crippen molar-refractivity contribution in [2.45, 2.75) is 38.6 Å². The average molecular weight is 234 g/mol. The van der Waals surface area contributed by atoms with Crippen LogP contribution < -0.4 is 5.56 Å². The van der Waals surface area contributed by atoms with Crippen molar-refractivity contribution < 1.29 is 4.79 Å². The summed E-state index contributed by atoms with van der Waals surface area (Å²) in [7, 11) is 0. The molecule has 0 aliphatic carbocycles. The summed E-state index contributed by atoms with van der Waals surface area (Å²) in [6, 6.07) is 3.58. The largest absolute Gasteiger partial charge is 0.336 e. The molecule has 1 fully saturated rings. The van der Waals surface area contributed by atoms with Crippen molar-refractivity contribution in [1.82, 2.24) is 9.88 Å². The van der Waals surface area contributed by atoms with E-state index in [0.717, 1.165) is 25.8 Å². The molecule has 1 aromatic heterocycles. The lowest BCUT2D eigenvalue weighted by Gasteiger charge is -2.35. The van der Waals surface area contributed by atoms with Gasteiger partial charge in [0.15, 0.2) is 0 Å². The zero-order chi connectivity index (χ0) is 12.3. The lowest BCUT2D eigenvalue weighted by atomic mass is 9.99. The Kier molecular flexibility index (Phi) is 3.61. The molecule has 92 valence electrons. The number of carbonyl (C=O) groups is 1. The van der Waals surface area contributed by atoms with Gasteiger partial charge in [-0.15, -0.1) is 0 Å². The number of pyridine rings is 1. The van der Waals surface area contributed by atoms with Crippen LogP contribution in [0.1, 0.15) is 43.0 Å². The second kappa shape index (κ2) is 5.17. The number of aromatic nitrogens is 1. The molecule has 1 saturated heterocycles. The Labute approximate surface area is 101 Å². The fraction of sp³-hybridized carbons (Fsp3) is 0.538. The number of carbonyl (C=O) groups excluding carboxylic acids is 1. The molecular weight excluding hydrogens is 216 g/mol. The Morgan fingerprint density at radius 2 is 2.35 bits per heavy atom. The van der Waals surface area contributed by atoms with Gasteiger partial charge in [0.05, 0.1) is 0 Å². The third kappa shape index (κ3) is 2.40. The van der Waals surface area contributed by atoms with Crippen LogP contribution >= 0.6 is 0 Å². The number of nitrogens with zero attached hydrogens (tertiary/aromatic N) is 1. The van der Waals surface area contributed by atoms with Crippen LogP contribution in [-0.2, 0) is 0 Å². The highest BCUT2D eigenvalue weighted by Crippen LogP contribution is 2.20. The number of likely N-dealkylation sites (tertiary alicyclic amines) is 1. The normalized spacial score (nSPS) is 20.3. The molecule has 1 atom stereocenters. The van der Waals surface area contributed by atoms with E-state index in [1.165, 1.54) is 6.42 Å². The van der Waals surface area contributed by atoms with Gasteiger partial charge < -0.3 is 9.88 Å². The molecular formula is C13H18N2O2. The molecule has 0 spiro atoms. The maximum absolute atomic E-state index is 12.3. The molecule has 0 radical (unpaired) electrons. The molecule has 0 saturated carbocycles. The summed E-state index contributed by atoms with van der Waals surface area (Å²) in [5, 5.41) is 0. The molecule has 1 aliphatic heterocycles. The maximum atomic E-state index is 12.3. The van der Waals surface area contributed by atoms with Crippen LogP contribution in [0.25, 0.3) is 0 Å². The second-order valence-corrected chi connectivity index (χ2v) is 4.47. The Balaban J connectivity index is 2.24. The van der Waals surface area contributed by atoms with Gasteiger partial charge in [0.1, 0.15) is 5.56 Å². The van der Waals surface area contributed by atoms with E-state index in [2.05, 4.69) is 11.9 Å². The minimum absolute atomic E-state index is 0.126. The van der Waals surface area contributed by atoms with Crippen LogP contribution in [0.5, 0.6) is 0 Å². The molecule has 1 amide bonds. The lowest BCUT2D eigenvalue weighted by molar-refractivity contribution is 0.0606. The zero-order valence-corrected chi connectivity index (χ0v) is 10.1. The number of piperidine rings is 1. The van der Waals surface area contributed by atoms with Crippen molar-refractivity contribution >= 4 is 5.91 Å². The van der Waals surface area contributed by atoms with Crippen molar-refractivity contribution in [3.05, 3.63) is 34.2 Å². The molecule has 4 heteroatoms. The van der Waals surface area contributed by atoms with Crippen LogP contribution in [-0.4, -0.2) is 28.4 Å². The molecule has 17 heavy (non-hydrogen) atoms. The molecule has 2 heterocycles. The van der Waals surface area contributed by atoms with E-state index in [4.69, 9.17) is 0 Å². The number of hydrogen-bond acceptors (Lipinski definition) is 2. The second-order valence-electron chi connectivity index (χ2n) is 4.47. The SMILES string of the molecule is CCC1CCCCN1C(=O)c1ccc[nH]c1=O. The summed E-state index contributed by atoms with van der Waals surface area (Å²) in [5.41, 5.74) is -0.0363. The molecule has 2 rings (SSSR count). The highest BCUT2D eigenvalue weighted by atomic mass is 16.2. The molecule has 1 aliphatic rings. The van der Waals surface area contributed by atoms with Crippen molar-refractivity contribution in [3.63, 3.8) is 0 Å². The maximum Gasteiger partial charge on any atom is 0.260 e. The van der Waals surface area contributed by atoms with E-state index in [1.54, 1.807) is 18.3 Å². The third-order valence-electron chi connectivity index (χ3n) is 3.41. The van der Waals surface area contributed by atoms with E-state index in [1.807, 2.05) is 4.90 Å². The van der Waals surface area contributed by atoms with Gasteiger partial charge in [-0.2, -0.15) is 0 Å². The molecule has 1 N–H and O–H groups in total. The Morgan fingerprint density at radius 1 is 1.53 bits per heavy atom. The van der Waals surface area contributed by atoms with Gasteiger partial charge in [0.25, 0.3) is 11.5 Å². The first-order chi connectivity index (χ1) is 8.24. The van der Waals surface area contributed by atoms with Crippen LogP contribution in [0.15, 0.2) is 23.1 Å². The number of aromatic amines is 1. The van der Waals surface area contributed by atoms with Gasteiger partial charge in [0.2, 0.25) is 0 Å². The van der Waals surface area contributed by atoms with Crippen LogP contribution in [0.2, 0.25) is 0 Å². The number of hydrogen-bond donors (Lipinski definition) is 1. The fourth-order valence-corrected chi connectivity index (χ4v) is 2.44. The summed E-state index contributed by atoms with van der Waals surface area (Å²) in [6.45, 7) is 2.86. The van der Waals surface area contributed by atoms with Crippen molar-refractivity contribution in [2.75, 3.05) is 6.54 Å². The van der Waals surface area contributed by atoms with Gasteiger partial charge in [-0.05, 0) is 37.8 Å². The number of nitrogens with one attached hydrogen (secondary N) is 1. The van der Waals surface area contributed by atoms with E-state index >= 15 is 0 Å². The summed E-state index contributed by atoms with van der Waals surface area (Å²) >= 11 is 0. The smallest absolute Gasteiger partial charge is 0.260 e. The van der Waals surface area contributed by atoms with E-state index in [0.29, 0.717) is 0 Å². The first-order valence-electron chi connectivity index (χ1n) is 6.22. The van der Waals surface area contributed by atoms with Gasteiger partial charge in [-0.1, -0.05) is 6.92 Å². The van der Waals surface area contributed by atoms with Crippen molar-refractivity contribution in [3.8, 4) is 0 Å². The average Bonchev–Trinajstić information content (AvgIpc) is 2.38. The van der Waals surface area contributed by atoms with E-state index in [9.17, 15) is 9.59 Å². The number of rotatable bonds is 2. The molecule has 0 bridgehead atoms. The van der Waals surface area contributed by atoms with Crippen LogP contribution in [0.4, 0.5) is 0 Å². The fourth-order valence-electron chi connectivity index (χ4n) is 2.44. The van der Waals surface area contributed by atoms with Gasteiger partial charge in [-0.3, -0.25) is 9.59 Å². The van der Waals surface area contributed by atoms with Crippen LogP contribution in [0, 0.1) is 0 Å². The predicted molar refractivity (Wildman–Crippen MR) is 66.0 cm³/mol. The minimum Gasteiger partial charge on any atom is -0.336 e. The summed E-state index contributed by atoms with van der Waals surface area (Å²) in [6.07, 6.45) is 5.76. The predicted octanol–water partition coefficient (Wildman–Crippen LogP) is 1.78. The monoisotopic (exact) mass is 234 g/mol. The minimum atomic E-state index is -0.294. The molecule has 0 aromatic carbocycles. The Bertz CT molecular complexity index is 453. The standard InChI is InChI=1S/C13H18N2O2/c1-2-10-6-3-4-9-15(10)13(17)11-7-5-8-14-12(11)16/h5,7-8,10H,2-4,6,9H2,1H3,(H,14,16). The summed E-state index contributed by atoms with van der Waals surface area (Å²) in [5.74, 6) is -0.126. The Hall–Kier alpha value is -1.58. The number of H-pyrrole nitrogens is 1. The number of amides is 1. The van der Waals surface area contributed by atoms with Gasteiger partial charge in [0, 0.05) is 18.8 Å². The van der Waals surface area contributed by atoms with Crippen LogP contribution in [0.3, 0.4) is 0 Å². The van der Waals surface area contributed by atoms with E-state index < -0.39 is 0 Å². The lowest BCUT2D eigenvalue weighted by Crippen LogP contribution is -2.44. The zero-order valence-electron chi connectivity index (χ0n) is 10.1. The summed E-state index contributed by atoms with van der Waals surface area (Å²) in [4.78, 5) is 28.3. The molecule has 4 nitrogen and oxygen atoms in total. The third-order valence-corrected chi connectivity index (χ3v) is 3.41. The summed E-state index contributed by atoms with van der Waals surface area (Å²) < 4.78 is 0. The molecule has 1 aromatic rings. The first kappa shape index (κ1) is 11.9. The quantitative estimate of drug-likeness (QED) is 0.848. The van der Waals surface area contributed by atoms with Gasteiger partial charge in [-0.25, -0.2) is 0 Å². The highest BCUT2D eigenvalue weighted by molar-refractivity contribution is 5.94. The van der Waals surface area contributed by atoms with Crippen molar-refractivity contribution in [2.24, 2.45) is 0 Å². The first-order valence-corrected chi connectivity index (χ1v) is 6.22. The van der Waals surface area contributed by atoms with Crippen molar-refractivity contribution in [1.29, 1.82) is 0 Å². The molecule has 1 unspecified atom stereocenters. The highest BCUT2D eigenvalue weighted by Gasteiger charge is 2.27. The van der Waals surface area contributed by atoms with E-state index in [-0.39, 0.29) is 23.1 Å².